The van der Waals surface area contributed by atoms with Gasteiger partial charge in [-0.1, -0.05) is 48.6 Å². The van der Waals surface area contributed by atoms with Gasteiger partial charge in [0.25, 0.3) is 0 Å². The number of ether oxygens (including phenoxy) is 1. The van der Waals surface area contributed by atoms with Gasteiger partial charge in [-0.15, -0.1) is 0 Å². The lowest BCUT2D eigenvalue weighted by Gasteiger charge is -2.28. The summed E-state index contributed by atoms with van der Waals surface area (Å²) in [6, 6.07) is 18.6. The lowest BCUT2D eigenvalue weighted by Crippen LogP contribution is -2.29. The molecule has 0 amide bonds. The smallest absolute Gasteiger partial charge is 0.347 e. The van der Waals surface area contributed by atoms with E-state index in [9.17, 15) is 14.4 Å². The fraction of sp³-hybridized carbons (Fsp3) is 0.192. The maximum Gasteiger partial charge on any atom is 0.347 e. The van der Waals surface area contributed by atoms with Crippen molar-refractivity contribution in [3.05, 3.63) is 110 Å². The van der Waals surface area contributed by atoms with Crippen molar-refractivity contribution in [3.63, 3.8) is 0 Å². The number of benzene rings is 3. The first-order valence-electron chi connectivity index (χ1n) is 10.7. The van der Waals surface area contributed by atoms with Crippen LogP contribution in [-0.2, 0) is 7.05 Å². The fourth-order valence-corrected chi connectivity index (χ4v) is 4.58. The maximum atomic E-state index is 13.1. The van der Waals surface area contributed by atoms with Gasteiger partial charge < -0.3 is 4.74 Å². The number of Topliss-reactive ketones (excluding diaryl/α,β-unsaturated/α-hetero) is 1. The molecule has 1 heterocycles. The van der Waals surface area contributed by atoms with Crippen molar-refractivity contribution < 1.29 is 9.53 Å². The summed E-state index contributed by atoms with van der Waals surface area (Å²) in [5.74, 6) is 0.559. The Morgan fingerprint density at radius 2 is 1.76 bits per heavy atom. The molecule has 0 spiro atoms. The topological polar surface area (TPSA) is 86.1 Å². The number of ketones is 1. The van der Waals surface area contributed by atoms with Crippen molar-refractivity contribution in [3.8, 4) is 5.75 Å². The molecule has 0 radical (unpaired) electrons. The fourth-order valence-electron chi connectivity index (χ4n) is 4.58. The number of aromatic nitrogens is 3. The highest BCUT2D eigenvalue weighted by Crippen LogP contribution is 2.40. The number of nitrogens with zero attached hydrogens (tertiary/aromatic N) is 2. The molecular formula is C26H23N3O4. The third kappa shape index (κ3) is 3.51. The predicted molar refractivity (Wildman–Crippen MR) is 126 cm³/mol. The molecule has 1 aliphatic rings. The summed E-state index contributed by atoms with van der Waals surface area (Å²) in [6.45, 7) is 0. The van der Waals surface area contributed by atoms with Crippen molar-refractivity contribution in [2.45, 2.75) is 18.4 Å². The van der Waals surface area contributed by atoms with Gasteiger partial charge >= 0.3 is 11.4 Å². The van der Waals surface area contributed by atoms with Crippen LogP contribution in [0.15, 0.2) is 82.4 Å². The molecular weight excluding hydrogens is 418 g/mol. The number of hydrogen-bond donors (Lipinski definition) is 1. The summed E-state index contributed by atoms with van der Waals surface area (Å²) < 4.78 is 7.58. The molecule has 5 rings (SSSR count). The minimum Gasteiger partial charge on any atom is -0.497 e. The van der Waals surface area contributed by atoms with Gasteiger partial charge in [0.15, 0.2) is 5.78 Å². The second-order valence-corrected chi connectivity index (χ2v) is 8.21. The number of rotatable bonds is 5. The van der Waals surface area contributed by atoms with Crippen molar-refractivity contribution >= 4 is 16.6 Å². The Balaban J connectivity index is 1.60. The molecule has 7 nitrogen and oxygen atoms in total. The summed E-state index contributed by atoms with van der Waals surface area (Å²) in [6.07, 6.45) is 4.15. The molecule has 0 saturated carbocycles. The van der Waals surface area contributed by atoms with Crippen molar-refractivity contribution in [2.24, 2.45) is 7.05 Å². The zero-order valence-corrected chi connectivity index (χ0v) is 18.3. The Morgan fingerprint density at radius 3 is 2.45 bits per heavy atom. The van der Waals surface area contributed by atoms with Crippen molar-refractivity contribution in [2.75, 3.05) is 7.11 Å². The first-order chi connectivity index (χ1) is 16.0. The molecule has 1 aromatic heterocycles. The maximum absolute atomic E-state index is 13.1. The highest BCUT2D eigenvalue weighted by molar-refractivity contribution is 5.98. The third-order valence-electron chi connectivity index (χ3n) is 6.33. The number of aromatic amines is 1. The van der Waals surface area contributed by atoms with Crippen LogP contribution in [0.1, 0.15) is 39.9 Å². The number of H-pyrrole nitrogens is 1. The van der Waals surface area contributed by atoms with Crippen LogP contribution in [-0.4, -0.2) is 27.2 Å². The monoisotopic (exact) mass is 441 g/mol. The third-order valence-corrected chi connectivity index (χ3v) is 6.33. The summed E-state index contributed by atoms with van der Waals surface area (Å²) in [5, 5.41) is 4.73. The van der Waals surface area contributed by atoms with Gasteiger partial charge in [0.2, 0.25) is 0 Å². The normalized spacial score (nSPS) is 17.2. The Kier molecular flexibility index (Phi) is 5.09. The number of nitrogens with one attached hydrogen (secondary N) is 1. The number of methoxy groups -OCH3 is 1. The molecule has 1 N–H and O–H groups in total. The van der Waals surface area contributed by atoms with E-state index in [1.165, 1.54) is 11.7 Å². The lowest BCUT2D eigenvalue weighted by molar-refractivity contribution is 0.0978. The van der Waals surface area contributed by atoms with Gasteiger partial charge in [0, 0.05) is 24.9 Å². The van der Waals surface area contributed by atoms with Gasteiger partial charge in [0.1, 0.15) is 5.75 Å². The zero-order chi connectivity index (χ0) is 23.1. The molecule has 0 unspecified atom stereocenters. The van der Waals surface area contributed by atoms with Crippen LogP contribution in [0.2, 0.25) is 0 Å². The van der Waals surface area contributed by atoms with E-state index in [1.54, 1.807) is 31.4 Å². The summed E-state index contributed by atoms with van der Waals surface area (Å²) in [7, 11) is 3.04. The molecule has 4 aromatic rings. The van der Waals surface area contributed by atoms with Crippen LogP contribution in [0.25, 0.3) is 10.8 Å². The van der Waals surface area contributed by atoms with Crippen LogP contribution in [0.5, 0.6) is 5.75 Å². The van der Waals surface area contributed by atoms with Gasteiger partial charge in [-0.2, -0.15) is 0 Å². The van der Waals surface area contributed by atoms with Crippen LogP contribution in [0.4, 0.5) is 0 Å². The zero-order valence-electron chi connectivity index (χ0n) is 18.3. The van der Waals surface area contributed by atoms with Gasteiger partial charge in [0.05, 0.1) is 13.2 Å². The van der Waals surface area contributed by atoms with E-state index in [2.05, 4.69) is 5.10 Å². The molecule has 0 bridgehead atoms. The molecule has 0 saturated heterocycles. The molecule has 33 heavy (non-hydrogen) atoms. The van der Waals surface area contributed by atoms with E-state index in [0.717, 1.165) is 26.5 Å². The van der Waals surface area contributed by atoms with E-state index in [4.69, 9.17) is 4.74 Å². The van der Waals surface area contributed by atoms with E-state index in [1.807, 2.05) is 48.6 Å². The highest BCUT2D eigenvalue weighted by atomic mass is 16.5. The Bertz CT molecular complexity index is 1510. The van der Waals surface area contributed by atoms with E-state index in [-0.39, 0.29) is 18.1 Å². The number of allylic oxidation sites excluding steroid dienone is 2. The van der Waals surface area contributed by atoms with E-state index in [0.29, 0.717) is 11.3 Å². The molecule has 1 aliphatic carbocycles. The van der Waals surface area contributed by atoms with Crippen LogP contribution < -0.4 is 16.1 Å². The molecule has 166 valence electrons. The highest BCUT2D eigenvalue weighted by Gasteiger charge is 2.29. The van der Waals surface area contributed by atoms with Gasteiger partial charge in [-0.05, 0) is 46.2 Å². The summed E-state index contributed by atoms with van der Waals surface area (Å²) in [4.78, 5) is 37.8. The average Bonchev–Trinajstić information content (AvgIpc) is 3.11. The SMILES string of the molecule is COc1ccc(C(=O)C[C@@H]2C=C[C@H](n3[nH]c(=O)n(C)c3=O)c3ccc4ccccc4c32)cc1. The van der Waals surface area contributed by atoms with Gasteiger partial charge in [-0.3, -0.25) is 4.79 Å². The number of carbonyl (C=O) groups is 1. The standard InChI is InChI=1S/C26H23N3O4/c1-28-25(31)27-29(26(28)32)22-14-10-18(15-23(30)17-7-11-19(33-2)12-8-17)24-20-6-4-3-5-16(20)9-13-21(22)24/h3-14,18,22H,15H2,1-2H3,(H,27,31)/t18-,22-/m0/s1. The number of carbonyl (C=O) groups excluding carboxylic acids is 1. The summed E-state index contributed by atoms with van der Waals surface area (Å²) >= 11 is 0. The lowest BCUT2D eigenvalue weighted by atomic mass is 9.79. The minimum absolute atomic E-state index is 0.0231. The minimum atomic E-state index is -0.465. The number of fused-ring (bicyclic) bond motifs is 3. The van der Waals surface area contributed by atoms with Crippen LogP contribution in [0, 0.1) is 0 Å². The van der Waals surface area contributed by atoms with Crippen molar-refractivity contribution in [1.82, 2.24) is 14.3 Å². The van der Waals surface area contributed by atoms with E-state index >= 15 is 0 Å². The molecule has 3 aromatic carbocycles. The van der Waals surface area contributed by atoms with Crippen molar-refractivity contribution in [1.29, 1.82) is 0 Å². The molecule has 2 atom stereocenters. The summed E-state index contributed by atoms with van der Waals surface area (Å²) in [5.41, 5.74) is 1.64. The Hall–Kier alpha value is -4.13. The van der Waals surface area contributed by atoms with E-state index < -0.39 is 17.4 Å². The second-order valence-electron chi connectivity index (χ2n) is 8.21. The first-order valence-corrected chi connectivity index (χ1v) is 10.7. The second kappa shape index (κ2) is 8.09. The first kappa shape index (κ1) is 20.8. The Labute approximate surface area is 189 Å². The number of hydrogen-bond acceptors (Lipinski definition) is 4. The van der Waals surface area contributed by atoms with Crippen LogP contribution >= 0.6 is 0 Å². The van der Waals surface area contributed by atoms with Gasteiger partial charge in [-0.25, -0.2) is 23.9 Å². The molecule has 7 heteroatoms. The molecule has 0 fully saturated rings. The average molecular weight is 441 g/mol. The predicted octanol–water partition coefficient (Wildman–Crippen LogP) is 3.55. The molecule has 0 aliphatic heterocycles. The Morgan fingerprint density at radius 1 is 1.00 bits per heavy atom. The largest absolute Gasteiger partial charge is 0.497 e. The quantitative estimate of drug-likeness (QED) is 0.379. The van der Waals surface area contributed by atoms with Crippen LogP contribution in [0.3, 0.4) is 0 Å².